The number of nitrogens with two attached hydrogens (primary N) is 1. The van der Waals surface area contributed by atoms with Crippen molar-refractivity contribution in [2.75, 3.05) is 30.5 Å². The third-order valence-electron chi connectivity index (χ3n) is 2.01. The van der Waals surface area contributed by atoms with Gasteiger partial charge in [0.25, 0.3) is 0 Å². The smallest absolute Gasteiger partial charge is 0.181 e. The maximum Gasteiger partial charge on any atom is 0.181 e. The molecule has 4 N–H and O–H groups in total. The van der Waals surface area contributed by atoms with Gasteiger partial charge in [0.15, 0.2) is 9.84 Å². The van der Waals surface area contributed by atoms with Crippen LogP contribution in [0, 0.1) is 0 Å². The first kappa shape index (κ1) is 14.3. The molecule has 0 amide bonds. The average molecular weight is 277 g/mol. The lowest BCUT2D eigenvalue weighted by Crippen LogP contribution is -2.11. The predicted octanol–water partition coefficient (Wildman–Crippen LogP) is 0.119. The van der Waals surface area contributed by atoms with Crippen LogP contribution < -0.4 is 5.73 Å². The first-order chi connectivity index (χ1) is 8.01. The SMILES string of the molecule is Nc1ccc(SCCO)c(S(=O)(=O)CCO)c1. The Balaban J connectivity index is 3.15. The molecule has 0 fully saturated rings. The van der Waals surface area contributed by atoms with Crippen LogP contribution in [0.25, 0.3) is 0 Å². The molecule has 0 aromatic heterocycles. The van der Waals surface area contributed by atoms with Gasteiger partial charge in [0.2, 0.25) is 0 Å². The van der Waals surface area contributed by atoms with Crippen molar-refractivity contribution in [2.24, 2.45) is 0 Å². The van der Waals surface area contributed by atoms with E-state index >= 15 is 0 Å². The van der Waals surface area contributed by atoms with E-state index in [0.717, 1.165) is 0 Å². The molecule has 1 aromatic carbocycles. The van der Waals surface area contributed by atoms with Crippen molar-refractivity contribution in [3.05, 3.63) is 18.2 Å². The Kier molecular flexibility index (Phi) is 5.26. The second-order valence-corrected chi connectivity index (χ2v) is 6.54. The fourth-order valence-electron chi connectivity index (χ4n) is 1.27. The molecular weight excluding hydrogens is 262 g/mol. The number of rotatable bonds is 6. The van der Waals surface area contributed by atoms with Crippen LogP contribution in [0.5, 0.6) is 0 Å². The molecular formula is C10H15NO4S2. The number of hydrogen-bond donors (Lipinski definition) is 3. The van der Waals surface area contributed by atoms with Crippen LogP contribution >= 0.6 is 11.8 Å². The predicted molar refractivity (Wildman–Crippen MR) is 67.8 cm³/mol. The molecule has 0 atom stereocenters. The van der Waals surface area contributed by atoms with E-state index in [1.165, 1.54) is 17.8 Å². The highest BCUT2D eigenvalue weighted by Gasteiger charge is 2.18. The maximum absolute atomic E-state index is 11.9. The van der Waals surface area contributed by atoms with E-state index in [4.69, 9.17) is 15.9 Å². The largest absolute Gasteiger partial charge is 0.399 e. The first-order valence-electron chi connectivity index (χ1n) is 4.98. The van der Waals surface area contributed by atoms with E-state index in [2.05, 4.69) is 0 Å². The summed E-state index contributed by atoms with van der Waals surface area (Å²) in [6.45, 7) is -0.463. The van der Waals surface area contributed by atoms with Crippen molar-refractivity contribution in [3.8, 4) is 0 Å². The topological polar surface area (TPSA) is 101 Å². The van der Waals surface area contributed by atoms with Crippen LogP contribution in [0.1, 0.15) is 0 Å². The number of aliphatic hydroxyl groups excluding tert-OH is 2. The molecule has 0 aliphatic carbocycles. The summed E-state index contributed by atoms with van der Waals surface area (Å²) in [5.74, 6) is 0.0781. The Morgan fingerprint density at radius 1 is 1.24 bits per heavy atom. The maximum atomic E-state index is 11.9. The van der Waals surface area contributed by atoms with E-state index in [1.54, 1.807) is 12.1 Å². The van der Waals surface area contributed by atoms with E-state index < -0.39 is 16.4 Å². The molecule has 0 saturated carbocycles. The molecule has 0 bridgehead atoms. The van der Waals surface area contributed by atoms with Crippen LogP contribution in [0.3, 0.4) is 0 Å². The highest BCUT2D eigenvalue weighted by atomic mass is 32.2. The van der Waals surface area contributed by atoms with Gasteiger partial charge in [0.05, 0.1) is 23.9 Å². The summed E-state index contributed by atoms with van der Waals surface area (Å²) in [6, 6.07) is 4.60. The van der Waals surface area contributed by atoms with Crippen LogP contribution in [-0.2, 0) is 9.84 Å². The minimum atomic E-state index is -3.53. The molecule has 17 heavy (non-hydrogen) atoms. The van der Waals surface area contributed by atoms with Crippen molar-refractivity contribution >= 4 is 27.3 Å². The van der Waals surface area contributed by atoms with Gasteiger partial charge in [-0.3, -0.25) is 0 Å². The quantitative estimate of drug-likeness (QED) is 0.504. The first-order valence-corrected chi connectivity index (χ1v) is 7.62. The molecule has 0 saturated heterocycles. The number of aliphatic hydroxyl groups is 2. The number of thioether (sulfide) groups is 1. The van der Waals surface area contributed by atoms with Crippen molar-refractivity contribution in [2.45, 2.75) is 9.79 Å². The van der Waals surface area contributed by atoms with Gasteiger partial charge in [-0.15, -0.1) is 11.8 Å². The summed E-state index contributed by atoms with van der Waals surface area (Å²) in [4.78, 5) is 0.659. The lowest BCUT2D eigenvalue weighted by atomic mass is 10.3. The monoisotopic (exact) mass is 277 g/mol. The van der Waals surface area contributed by atoms with Gasteiger partial charge >= 0.3 is 0 Å². The van der Waals surface area contributed by atoms with Gasteiger partial charge in [-0.2, -0.15) is 0 Å². The van der Waals surface area contributed by atoms with E-state index in [0.29, 0.717) is 16.3 Å². The van der Waals surface area contributed by atoms with Crippen LogP contribution in [0.4, 0.5) is 5.69 Å². The van der Waals surface area contributed by atoms with Gasteiger partial charge in [-0.25, -0.2) is 8.42 Å². The van der Waals surface area contributed by atoms with Gasteiger partial charge in [-0.1, -0.05) is 0 Å². The summed E-state index contributed by atoms with van der Waals surface area (Å²) >= 11 is 1.24. The number of hydrogen-bond acceptors (Lipinski definition) is 6. The molecule has 7 heteroatoms. The number of benzene rings is 1. The minimum Gasteiger partial charge on any atom is -0.399 e. The molecule has 96 valence electrons. The van der Waals surface area contributed by atoms with Crippen molar-refractivity contribution < 1.29 is 18.6 Å². The van der Waals surface area contributed by atoms with Gasteiger partial charge in [0.1, 0.15) is 0 Å². The summed E-state index contributed by atoms with van der Waals surface area (Å²) in [6.07, 6.45) is 0. The molecule has 1 rings (SSSR count). The standard InChI is InChI=1S/C10H15NO4S2/c11-8-1-2-9(16-5-3-12)10(7-8)17(14,15)6-4-13/h1-2,7,12-13H,3-6,11H2. The van der Waals surface area contributed by atoms with Crippen LogP contribution in [0.15, 0.2) is 28.0 Å². The van der Waals surface area contributed by atoms with Gasteiger partial charge in [0, 0.05) is 16.3 Å². The summed E-state index contributed by atoms with van der Waals surface area (Å²) < 4.78 is 23.8. The Morgan fingerprint density at radius 3 is 2.53 bits per heavy atom. The molecule has 0 heterocycles. The fourth-order valence-corrected chi connectivity index (χ4v) is 3.66. The summed E-state index contributed by atoms with van der Waals surface area (Å²) in [5.41, 5.74) is 5.92. The third-order valence-corrected chi connectivity index (χ3v) is 4.92. The Bertz CT molecular complexity index is 473. The zero-order valence-electron chi connectivity index (χ0n) is 9.17. The van der Waals surface area contributed by atoms with E-state index in [9.17, 15) is 8.42 Å². The molecule has 5 nitrogen and oxygen atoms in total. The molecule has 1 aromatic rings. The van der Waals surface area contributed by atoms with Crippen molar-refractivity contribution in [1.29, 1.82) is 0 Å². The van der Waals surface area contributed by atoms with Crippen molar-refractivity contribution in [3.63, 3.8) is 0 Å². The Morgan fingerprint density at radius 2 is 1.94 bits per heavy atom. The number of anilines is 1. The van der Waals surface area contributed by atoms with Crippen LogP contribution in [-0.4, -0.2) is 43.4 Å². The molecule has 0 unspecified atom stereocenters. The average Bonchev–Trinajstić information content (AvgIpc) is 2.27. The zero-order valence-corrected chi connectivity index (χ0v) is 10.8. The third kappa shape index (κ3) is 3.88. The number of nitrogen functional groups attached to an aromatic ring is 1. The molecule has 0 aliphatic rings. The lowest BCUT2D eigenvalue weighted by molar-refractivity contribution is 0.319. The van der Waals surface area contributed by atoms with E-state index in [-0.39, 0.29) is 17.3 Å². The minimum absolute atomic E-state index is 0.0332. The molecule has 0 aliphatic heterocycles. The fraction of sp³-hybridized carbons (Fsp3) is 0.400. The van der Waals surface area contributed by atoms with Crippen molar-refractivity contribution in [1.82, 2.24) is 0 Å². The Hall–Kier alpha value is -0.760. The molecule has 0 spiro atoms. The molecule has 0 radical (unpaired) electrons. The normalized spacial score (nSPS) is 11.6. The highest BCUT2D eigenvalue weighted by molar-refractivity contribution is 8.00. The van der Waals surface area contributed by atoms with E-state index in [1.807, 2.05) is 0 Å². The number of sulfone groups is 1. The summed E-state index contributed by atoms with van der Waals surface area (Å²) in [5, 5.41) is 17.5. The van der Waals surface area contributed by atoms with Gasteiger partial charge < -0.3 is 15.9 Å². The lowest BCUT2D eigenvalue weighted by Gasteiger charge is -2.09. The second-order valence-electron chi connectivity index (χ2n) is 3.32. The Labute approximate surface area is 105 Å². The zero-order chi connectivity index (χ0) is 12.9. The summed E-state index contributed by atoms with van der Waals surface area (Å²) in [7, 11) is -3.53. The van der Waals surface area contributed by atoms with Crippen LogP contribution in [0.2, 0.25) is 0 Å². The second kappa shape index (κ2) is 6.25. The van der Waals surface area contributed by atoms with Gasteiger partial charge in [-0.05, 0) is 18.2 Å². The highest BCUT2D eigenvalue weighted by Crippen LogP contribution is 2.29.